The Hall–Kier alpha value is -3.73. The normalized spacial score (nSPS) is 15.2. The second-order valence-corrected chi connectivity index (χ2v) is 7.11. The zero-order valence-electron chi connectivity index (χ0n) is 17.2. The van der Waals surface area contributed by atoms with Crippen LogP contribution in [0.15, 0.2) is 42.5 Å². The number of benzene rings is 2. The van der Waals surface area contributed by atoms with Crippen LogP contribution in [0.3, 0.4) is 0 Å². The molecule has 1 heterocycles. The van der Waals surface area contributed by atoms with E-state index >= 15 is 0 Å². The van der Waals surface area contributed by atoms with E-state index < -0.39 is 15.9 Å². The number of ether oxygens (including phenoxy) is 1. The topological polar surface area (TPSA) is 131 Å². The molecular weight excluding hydrogens is 406 g/mol. The Morgan fingerprint density at radius 3 is 2.29 bits per heavy atom. The molecule has 1 aliphatic heterocycles. The highest BCUT2D eigenvalue weighted by Gasteiger charge is 2.27. The number of non-ortho nitro benzene ring substituents is 2. The number of amides is 1. The molecule has 0 bridgehead atoms. The molecule has 0 saturated carbocycles. The van der Waals surface area contributed by atoms with Gasteiger partial charge >= 0.3 is 0 Å². The minimum absolute atomic E-state index is 0.0403. The number of nitrogens with one attached hydrogen (secondary N) is 1. The van der Waals surface area contributed by atoms with Crippen molar-refractivity contribution < 1.29 is 19.4 Å². The Balaban J connectivity index is 1.63. The van der Waals surface area contributed by atoms with Gasteiger partial charge in [-0.15, -0.1) is 0 Å². The van der Waals surface area contributed by atoms with Gasteiger partial charge in [0.1, 0.15) is 5.75 Å². The second kappa shape index (κ2) is 9.39. The summed E-state index contributed by atoms with van der Waals surface area (Å²) in [6, 6.07) is 10.0. The maximum atomic E-state index is 12.8. The van der Waals surface area contributed by atoms with Crippen molar-refractivity contribution in [2.75, 3.05) is 43.5 Å². The first kappa shape index (κ1) is 22.0. The van der Waals surface area contributed by atoms with Crippen molar-refractivity contribution in [3.05, 3.63) is 62.7 Å². The van der Waals surface area contributed by atoms with Gasteiger partial charge in [-0.1, -0.05) is 6.07 Å². The Bertz CT molecular complexity index is 990. The Morgan fingerprint density at radius 2 is 1.68 bits per heavy atom. The number of methoxy groups -OCH3 is 1. The van der Waals surface area contributed by atoms with Gasteiger partial charge in [0.25, 0.3) is 11.4 Å². The van der Waals surface area contributed by atoms with Gasteiger partial charge < -0.3 is 15.0 Å². The average Bonchev–Trinajstić information content (AvgIpc) is 2.78. The van der Waals surface area contributed by atoms with Crippen LogP contribution in [-0.4, -0.2) is 60.0 Å². The molecule has 2 aromatic rings. The maximum absolute atomic E-state index is 12.8. The quantitative estimate of drug-likeness (QED) is 0.525. The monoisotopic (exact) mass is 429 g/mol. The molecule has 3 rings (SSSR count). The van der Waals surface area contributed by atoms with Gasteiger partial charge in [0.05, 0.1) is 28.7 Å². The molecule has 1 aliphatic rings. The molecule has 31 heavy (non-hydrogen) atoms. The Kier molecular flexibility index (Phi) is 6.65. The summed E-state index contributed by atoms with van der Waals surface area (Å²) in [6.07, 6.45) is 0. The lowest BCUT2D eigenvalue weighted by Crippen LogP contribution is -2.52. The molecule has 0 aromatic heterocycles. The van der Waals surface area contributed by atoms with E-state index in [1.807, 2.05) is 15.9 Å². The predicted molar refractivity (Wildman–Crippen MR) is 115 cm³/mol. The zero-order chi connectivity index (χ0) is 22.5. The highest BCUT2D eigenvalue weighted by atomic mass is 16.6. The van der Waals surface area contributed by atoms with E-state index in [-0.39, 0.29) is 23.0 Å². The molecule has 1 atom stereocenters. The van der Waals surface area contributed by atoms with Crippen molar-refractivity contribution in [1.29, 1.82) is 0 Å². The molecule has 2 aromatic carbocycles. The minimum Gasteiger partial charge on any atom is -0.495 e. The van der Waals surface area contributed by atoms with E-state index in [2.05, 4.69) is 5.32 Å². The number of carbonyl (C=O) groups is 1. The number of carbonyl (C=O) groups excluding carboxylic acids is 1. The molecular formula is C20H23N5O6. The van der Waals surface area contributed by atoms with Crippen LogP contribution >= 0.6 is 0 Å². The van der Waals surface area contributed by atoms with Crippen molar-refractivity contribution >= 4 is 28.7 Å². The standard InChI is InChI=1S/C20H23N5O6/c1-14(20(26)21-18-13-17(25(29)30)6-7-19(18)31-2)22-8-10-23(11-9-22)15-4-3-5-16(12-15)24(27)28/h3-7,12-14H,8-11H2,1-2H3,(H,21,26). The molecule has 1 unspecified atom stereocenters. The summed E-state index contributed by atoms with van der Waals surface area (Å²) in [6.45, 7) is 4.16. The highest BCUT2D eigenvalue weighted by Crippen LogP contribution is 2.29. The van der Waals surface area contributed by atoms with Gasteiger partial charge in [0, 0.05) is 56.1 Å². The fourth-order valence-electron chi connectivity index (χ4n) is 3.48. The van der Waals surface area contributed by atoms with Crippen LogP contribution in [0.1, 0.15) is 6.92 Å². The number of rotatable bonds is 7. The number of nitro groups is 2. The molecule has 1 amide bonds. The lowest BCUT2D eigenvalue weighted by Gasteiger charge is -2.38. The first-order chi connectivity index (χ1) is 14.8. The SMILES string of the molecule is COc1ccc([N+](=O)[O-])cc1NC(=O)C(C)N1CCN(c2cccc([N+](=O)[O-])c2)CC1. The van der Waals surface area contributed by atoms with E-state index in [9.17, 15) is 25.0 Å². The van der Waals surface area contributed by atoms with Crippen LogP contribution in [0.25, 0.3) is 0 Å². The summed E-state index contributed by atoms with van der Waals surface area (Å²) in [5, 5.41) is 24.7. The van der Waals surface area contributed by atoms with Gasteiger partial charge in [-0.05, 0) is 19.1 Å². The molecule has 0 radical (unpaired) electrons. The van der Waals surface area contributed by atoms with Gasteiger partial charge in [0.15, 0.2) is 0 Å². The van der Waals surface area contributed by atoms with Crippen LogP contribution in [0.5, 0.6) is 5.75 Å². The third-order valence-electron chi connectivity index (χ3n) is 5.30. The van der Waals surface area contributed by atoms with Gasteiger partial charge in [0.2, 0.25) is 5.91 Å². The first-order valence-corrected chi connectivity index (χ1v) is 9.67. The number of hydrogen-bond donors (Lipinski definition) is 1. The summed E-state index contributed by atoms with van der Waals surface area (Å²) < 4.78 is 5.19. The van der Waals surface area contributed by atoms with Crippen molar-refractivity contribution in [2.45, 2.75) is 13.0 Å². The summed E-state index contributed by atoms with van der Waals surface area (Å²) in [5.74, 6) is 0.0317. The Morgan fingerprint density at radius 1 is 1.03 bits per heavy atom. The molecule has 0 aliphatic carbocycles. The number of nitrogens with zero attached hydrogens (tertiary/aromatic N) is 4. The molecule has 164 valence electrons. The molecule has 0 spiro atoms. The van der Waals surface area contributed by atoms with Gasteiger partial charge in [-0.25, -0.2) is 0 Å². The largest absolute Gasteiger partial charge is 0.495 e. The number of hydrogen-bond acceptors (Lipinski definition) is 8. The van der Waals surface area contributed by atoms with Crippen molar-refractivity contribution in [2.24, 2.45) is 0 Å². The lowest BCUT2D eigenvalue weighted by atomic mass is 10.1. The van der Waals surface area contributed by atoms with Crippen molar-refractivity contribution in [3.8, 4) is 5.75 Å². The molecule has 11 nitrogen and oxygen atoms in total. The van der Waals surface area contributed by atoms with E-state index in [0.717, 1.165) is 5.69 Å². The number of nitro benzene ring substituents is 2. The Labute approximate surface area is 178 Å². The van der Waals surface area contributed by atoms with Crippen LogP contribution in [0.4, 0.5) is 22.7 Å². The summed E-state index contributed by atoms with van der Waals surface area (Å²) in [7, 11) is 1.42. The lowest BCUT2D eigenvalue weighted by molar-refractivity contribution is -0.385. The van der Waals surface area contributed by atoms with E-state index in [4.69, 9.17) is 4.74 Å². The summed E-state index contributed by atoms with van der Waals surface area (Å²) in [5.41, 5.74) is 0.906. The van der Waals surface area contributed by atoms with E-state index in [0.29, 0.717) is 31.9 Å². The van der Waals surface area contributed by atoms with Crippen LogP contribution in [0.2, 0.25) is 0 Å². The number of piperazine rings is 1. The van der Waals surface area contributed by atoms with Crippen molar-refractivity contribution in [1.82, 2.24) is 4.90 Å². The molecule has 1 fully saturated rings. The highest BCUT2D eigenvalue weighted by molar-refractivity contribution is 5.96. The molecule has 1 N–H and O–H groups in total. The van der Waals surface area contributed by atoms with Crippen molar-refractivity contribution in [3.63, 3.8) is 0 Å². The smallest absolute Gasteiger partial charge is 0.271 e. The average molecular weight is 429 g/mol. The summed E-state index contributed by atoms with van der Waals surface area (Å²) in [4.78, 5) is 37.9. The fraction of sp³-hybridized carbons (Fsp3) is 0.350. The molecule has 1 saturated heterocycles. The molecule has 11 heteroatoms. The zero-order valence-corrected chi connectivity index (χ0v) is 17.2. The summed E-state index contributed by atoms with van der Waals surface area (Å²) >= 11 is 0. The fourth-order valence-corrected chi connectivity index (χ4v) is 3.48. The van der Waals surface area contributed by atoms with Gasteiger partial charge in [-0.3, -0.25) is 29.9 Å². The number of anilines is 2. The predicted octanol–water partition coefficient (Wildman–Crippen LogP) is 2.66. The third kappa shape index (κ3) is 5.07. The first-order valence-electron chi connectivity index (χ1n) is 9.67. The van der Waals surface area contributed by atoms with E-state index in [1.165, 1.54) is 31.4 Å². The van der Waals surface area contributed by atoms with E-state index in [1.54, 1.807) is 19.1 Å². The van der Waals surface area contributed by atoms with Gasteiger partial charge in [-0.2, -0.15) is 0 Å². The van der Waals surface area contributed by atoms with Crippen LogP contribution in [0, 0.1) is 20.2 Å². The van der Waals surface area contributed by atoms with Crippen LogP contribution in [-0.2, 0) is 4.79 Å². The second-order valence-electron chi connectivity index (χ2n) is 7.11. The maximum Gasteiger partial charge on any atom is 0.271 e. The van der Waals surface area contributed by atoms with Crippen LogP contribution < -0.4 is 15.0 Å². The minimum atomic E-state index is -0.536. The third-order valence-corrected chi connectivity index (χ3v) is 5.30.